The van der Waals surface area contributed by atoms with E-state index in [9.17, 15) is 9.59 Å². The molecule has 2 fully saturated rings. The van der Waals surface area contributed by atoms with E-state index in [1.807, 2.05) is 61.5 Å². The number of hydrogen-bond donors (Lipinski definition) is 1. The number of aryl methyl sites for hydroxylation is 1. The molecule has 3 aromatic carbocycles. The highest BCUT2D eigenvalue weighted by atomic mass is 16.7. The van der Waals surface area contributed by atoms with Crippen LogP contribution in [0.3, 0.4) is 0 Å². The van der Waals surface area contributed by atoms with Gasteiger partial charge in [-0.3, -0.25) is 9.63 Å². The van der Waals surface area contributed by atoms with E-state index < -0.39 is 23.5 Å². The van der Waals surface area contributed by atoms with E-state index >= 15 is 0 Å². The number of methoxy groups -OCH3 is 2. The minimum absolute atomic E-state index is 0.0325. The number of ether oxygens (including phenoxy) is 2. The Morgan fingerprint density at radius 3 is 2.29 bits per heavy atom. The number of nitrogens with one attached hydrogen (secondary N) is 1. The molecule has 0 aromatic heterocycles. The maximum absolute atomic E-state index is 13.9. The van der Waals surface area contributed by atoms with Crippen LogP contribution < -0.4 is 15.1 Å². The zero-order chi connectivity index (χ0) is 24.6. The highest BCUT2D eigenvalue weighted by molar-refractivity contribution is 5.99. The molecule has 1 aliphatic heterocycles. The number of amides is 1. The third-order valence-electron chi connectivity index (χ3n) is 7.01. The molecule has 1 spiro atoms. The molecule has 1 N–H and O–H groups in total. The van der Waals surface area contributed by atoms with Crippen molar-refractivity contribution in [3.05, 3.63) is 90.0 Å². The number of rotatable bonds is 6. The van der Waals surface area contributed by atoms with Crippen LogP contribution in [0.2, 0.25) is 0 Å². The van der Waals surface area contributed by atoms with Crippen LogP contribution in [0.15, 0.2) is 78.9 Å². The third kappa shape index (κ3) is 4.02. The molecular weight excluding hydrogens is 444 g/mol. The van der Waals surface area contributed by atoms with Crippen molar-refractivity contribution in [1.82, 2.24) is 0 Å². The summed E-state index contributed by atoms with van der Waals surface area (Å²) in [5.74, 6) is -0.0715. The van der Waals surface area contributed by atoms with E-state index in [1.54, 1.807) is 36.4 Å². The average molecular weight is 473 g/mol. The molecule has 4 unspecified atom stereocenters. The van der Waals surface area contributed by atoms with Gasteiger partial charge in [-0.1, -0.05) is 48.0 Å². The Bertz CT molecular complexity index is 1210. The van der Waals surface area contributed by atoms with Crippen LogP contribution in [0.5, 0.6) is 5.75 Å². The van der Waals surface area contributed by atoms with Gasteiger partial charge in [0.2, 0.25) is 5.91 Å². The topological polar surface area (TPSA) is 77.1 Å². The number of hydroxylamine groups is 1. The van der Waals surface area contributed by atoms with Crippen LogP contribution in [0, 0.1) is 12.3 Å². The van der Waals surface area contributed by atoms with Gasteiger partial charge < -0.3 is 14.8 Å². The lowest BCUT2D eigenvalue weighted by molar-refractivity contribution is -0.154. The van der Waals surface area contributed by atoms with Crippen LogP contribution in [0.25, 0.3) is 0 Å². The number of anilines is 2. The Hall–Kier alpha value is -3.84. The number of esters is 1. The summed E-state index contributed by atoms with van der Waals surface area (Å²) in [5.41, 5.74) is 2.72. The molecule has 4 atom stereocenters. The van der Waals surface area contributed by atoms with Gasteiger partial charge in [0.15, 0.2) is 6.10 Å². The first-order valence-corrected chi connectivity index (χ1v) is 11.6. The predicted octanol–water partition coefficient (Wildman–Crippen LogP) is 4.48. The number of benzene rings is 3. The van der Waals surface area contributed by atoms with Crippen molar-refractivity contribution >= 4 is 23.3 Å². The van der Waals surface area contributed by atoms with Crippen molar-refractivity contribution in [3.63, 3.8) is 0 Å². The molecule has 3 aromatic rings. The molecule has 2 aliphatic rings. The molecular formula is C28H28N2O5. The molecule has 7 heteroatoms. The summed E-state index contributed by atoms with van der Waals surface area (Å²) in [6.07, 6.45) is -0.287. The molecule has 1 amide bonds. The molecule has 1 saturated carbocycles. The molecule has 1 heterocycles. The van der Waals surface area contributed by atoms with Gasteiger partial charge in [-0.2, -0.15) is 0 Å². The SMILES string of the molecule is COC(=O)C1ON(c2ccc(C)cc2)C(C(=O)Nc2ccc(OC)cc2)C12CC2c1ccccc1. The van der Waals surface area contributed by atoms with Gasteiger partial charge in [-0.25, -0.2) is 9.86 Å². The van der Waals surface area contributed by atoms with Crippen molar-refractivity contribution in [2.75, 3.05) is 24.6 Å². The van der Waals surface area contributed by atoms with E-state index in [4.69, 9.17) is 14.3 Å². The highest BCUT2D eigenvalue weighted by Gasteiger charge is 2.74. The fraction of sp³-hybridized carbons (Fsp3) is 0.286. The first kappa shape index (κ1) is 22.9. The van der Waals surface area contributed by atoms with E-state index in [1.165, 1.54) is 7.11 Å². The lowest BCUT2D eigenvalue weighted by Gasteiger charge is -2.27. The maximum Gasteiger partial charge on any atom is 0.338 e. The molecule has 5 rings (SSSR count). The number of hydrogen-bond acceptors (Lipinski definition) is 6. The van der Waals surface area contributed by atoms with Crippen molar-refractivity contribution in [1.29, 1.82) is 0 Å². The van der Waals surface area contributed by atoms with Crippen LogP contribution in [0.1, 0.15) is 23.5 Å². The minimum atomic E-state index is -0.911. The van der Waals surface area contributed by atoms with Crippen LogP contribution in [-0.2, 0) is 19.2 Å². The Morgan fingerprint density at radius 2 is 1.66 bits per heavy atom. The number of nitrogens with zero attached hydrogens (tertiary/aromatic N) is 1. The Kier molecular flexibility index (Phi) is 5.94. The van der Waals surface area contributed by atoms with Crippen molar-refractivity contribution in [2.24, 2.45) is 5.41 Å². The summed E-state index contributed by atoms with van der Waals surface area (Å²) < 4.78 is 10.4. The second kappa shape index (κ2) is 9.07. The summed E-state index contributed by atoms with van der Waals surface area (Å²) in [4.78, 5) is 33.1. The fourth-order valence-corrected chi connectivity index (χ4v) is 5.14. The number of carbonyl (C=O) groups is 2. The molecule has 180 valence electrons. The lowest BCUT2D eigenvalue weighted by atomic mass is 9.85. The molecule has 0 radical (unpaired) electrons. The van der Waals surface area contributed by atoms with Crippen LogP contribution >= 0.6 is 0 Å². The Balaban J connectivity index is 1.56. The largest absolute Gasteiger partial charge is 0.497 e. The Morgan fingerprint density at radius 1 is 0.971 bits per heavy atom. The quantitative estimate of drug-likeness (QED) is 0.533. The van der Waals surface area contributed by atoms with Gasteiger partial charge in [0.05, 0.1) is 19.9 Å². The lowest BCUT2D eigenvalue weighted by Crippen LogP contribution is -2.45. The first-order chi connectivity index (χ1) is 17.0. The maximum atomic E-state index is 13.9. The third-order valence-corrected chi connectivity index (χ3v) is 7.01. The van der Waals surface area contributed by atoms with E-state index in [0.29, 0.717) is 23.5 Å². The summed E-state index contributed by atoms with van der Waals surface area (Å²) in [5, 5.41) is 4.61. The molecule has 1 aliphatic carbocycles. The van der Waals surface area contributed by atoms with Gasteiger partial charge >= 0.3 is 5.97 Å². The monoisotopic (exact) mass is 472 g/mol. The fourth-order valence-electron chi connectivity index (χ4n) is 5.14. The zero-order valence-electron chi connectivity index (χ0n) is 19.9. The number of carbonyl (C=O) groups excluding carboxylic acids is 2. The van der Waals surface area contributed by atoms with Gasteiger partial charge in [0.25, 0.3) is 0 Å². The Labute approximate surface area is 204 Å². The molecule has 7 nitrogen and oxygen atoms in total. The van der Waals surface area contributed by atoms with Gasteiger partial charge in [-0.05, 0) is 61.2 Å². The summed E-state index contributed by atoms with van der Waals surface area (Å²) >= 11 is 0. The van der Waals surface area contributed by atoms with Gasteiger partial charge in [0, 0.05) is 11.1 Å². The van der Waals surface area contributed by atoms with Gasteiger partial charge in [0.1, 0.15) is 11.8 Å². The minimum Gasteiger partial charge on any atom is -0.497 e. The summed E-state index contributed by atoms with van der Waals surface area (Å²) in [6.45, 7) is 1.99. The summed E-state index contributed by atoms with van der Waals surface area (Å²) in [6, 6.07) is 24.1. The predicted molar refractivity (Wildman–Crippen MR) is 132 cm³/mol. The molecule has 1 saturated heterocycles. The van der Waals surface area contributed by atoms with Gasteiger partial charge in [-0.15, -0.1) is 0 Å². The van der Waals surface area contributed by atoms with Crippen molar-refractivity contribution in [3.8, 4) is 5.75 Å². The smallest absolute Gasteiger partial charge is 0.338 e. The second-order valence-electron chi connectivity index (χ2n) is 9.07. The standard InChI is InChI=1S/C28H28N2O5/c1-18-9-13-21(14-10-18)30-24(26(31)29-20-11-15-22(33-2)16-12-20)28(25(35-30)27(32)34-3)17-23(28)19-7-5-4-6-8-19/h4-16,23-25H,17H2,1-3H3,(H,29,31). The molecule has 35 heavy (non-hydrogen) atoms. The second-order valence-corrected chi connectivity index (χ2v) is 9.07. The van der Waals surface area contributed by atoms with E-state index in [-0.39, 0.29) is 11.8 Å². The highest BCUT2D eigenvalue weighted by Crippen LogP contribution is 2.68. The summed E-state index contributed by atoms with van der Waals surface area (Å²) in [7, 11) is 2.94. The van der Waals surface area contributed by atoms with Crippen molar-refractivity contribution in [2.45, 2.75) is 31.4 Å². The average Bonchev–Trinajstić information content (AvgIpc) is 3.52. The van der Waals surface area contributed by atoms with Crippen molar-refractivity contribution < 1.29 is 23.9 Å². The molecule has 0 bridgehead atoms. The van der Waals surface area contributed by atoms with E-state index in [0.717, 1.165) is 11.1 Å². The zero-order valence-corrected chi connectivity index (χ0v) is 19.9. The normalized spacial score (nSPS) is 24.8. The van der Waals surface area contributed by atoms with Crippen LogP contribution in [-0.4, -0.2) is 38.2 Å². The van der Waals surface area contributed by atoms with Crippen LogP contribution in [0.4, 0.5) is 11.4 Å². The first-order valence-electron chi connectivity index (χ1n) is 11.6. The van der Waals surface area contributed by atoms with E-state index in [2.05, 4.69) is 5.32 Å².